The standard InChI is InChI=1S/C24H29N3O3/c1-26-14-21(15-7-5-4-6-8-15)30-23-18(11-16(29-3)12-20(23)26)19-13-27(2)24(28)22-17(19)9-10-25-22/h4-8,11-12,17,19,21-22,25H,9-10,13-14H2,1-3H3/t17?,19?,21-,22?/m0/s1. The van der Waals surface area contributed by atoms with Crippen molar-refractivity contribution in [2.45, 2.75) is 24.5 Å². The normalized spacial score (nSPS) is 28.0. The number of likely N-dealkylation sites (tertiary alicyclic amines) is 1. The smallest absolute Gasteiger partial charge is 0.239 e. The third-order valence-electron chi connectivity index (χ3n) is 6.89. The number of ether oxygens (including phenoxy) is 2. The Labute approximate surface area is 177 Å². The molecule has 3 aliphatic heterocycles. The van der Waals surface area contributed by atoms with E-state index in [1.54, 1.807) is 7.11 Å². The van der Waals surface area contributed by atoms with Crippen molar-refractivity contribution in [2.75, 3.05) is 45.7 Å². The molecular formula is C24H29N3O3. The molecule has 5 rings (SSSR count). The maximum Gasteiger partial charge on any atom is 0.239 e. The molecule has 0 aromatic heterocycles. The molecule has 30 heavy (non-hydrogen) atoms. The molecule has 6 heteroatoms. The number of methoxy groups -OCH3 is 1. The van der Waals surface area contributed by atoms with Crippen LogP contribution in [0.15, 0.2) is 42.5 Å². The number of nitrogens with zero attached hydrogens (tertiary/aromatic N) is 2. The van der Waals surface area contributed by atoms with E-state index >= 15 is 0 Å². The zero-order valence-electron chi connectivity index (χ0n) is 17.8. The number of hydrogen-bond acceptors (Lipinski definition) is 5. The molecule has 1 N–H and O–H groups in total. The van der Waals surface area contributed by atoms with Crippen LogP contribution in [-0.4, -0.2) is 57.7 Å². The van der Waals surface area contributed by atoms with Gasteiger partial charge >= 0.3 is 0 Å². The molecule has 2 saturated heterocycles. The van der Waals surface area contributed by atoms with Gasteiger partial charge in [0.1, 0.15) is 17.6 Å². The first-order valence-electron chi connectivity index (χ1n) is 10.7. The molecule has 0 bridgehead atoms. The molecule has 1 amide bonds. The number of anilines is 1. The minimum Gasteiger partial charge on any atom is -0.497 e. The number of nitrogens with one attached hydrogen (secondary N) is 1. The lowest BCUT2D eigenvalue weighted by Crippen LogP contribution is -2.53. The first-order valence-corrected chi connectivity index (χ1v) is 10.7. The molecule has 0 saturated carbocycles. The maximum absolute atomic E-state index is 12.7. The molecule has 2 aromatic carbocycles. The third-order valence-corrected chi connectivity index (χ3v) is 6.89. The molecule has 3 aliphatic rings. The number of fused-ring (bicyclic) bond motifs is 2. The first-order chi connectivity index (χ1) is 14.6. The van der Waals surface area contributed by atoms with E-state index in [1.807, 2.05) is 18.0 Å². The van der Waals surface area contributed by atoms with Crippen molar-refractivity contribution in [3.63, 3.8) is 0 Å². The minimum atomic E-state index is -0.109. The Morgan fingerprint density at radius 3 is 2.67 bits per heavy atom. The zero-order chi connectivity index (χ0) is 20.8. The Balaban J connectivity index is 1.59. The van der Waals surface area contributed by atoms with Crippen molar-refractivity contribution < 1.29 is 14.3 Å². The topological polar surface area (TPSA) is 54.0 Å². The van der Waals surface area contributed by atoms with Crippen LogP contribution in [0.4, 0.5) is 5.69 Å². The Morgan fingerprint density at radius 1 is 1.10 bits per heavy atom. The molecule has 0 radical (unpaired) electrons. The van der Waals surface area contributed by atoms with Gasteiger partial charge in [-0.2, -0.15) is 0 Å². The van der Waals surface area contributed by atoms with Crippen molar-refractivity contribution in [1.82, 2.24) is 10.2 Å². The van der Waals surface area contributed by atoms with Crippen LogP contribution in [-0.2, 0) is 4.79 Å². The lowest BCUT2D eigenvalue weighted by molar-refractivity contribution is -0.136. The van der Waals surface area contributed by atoms with E-state index in [-0.39, 0.29) is 29.9 Å². The first kappa shape index (κ1) is 19.2. The number of carbonyl (C=O) groups excluding carboxylic acids is 1. The largest absolute Gasteiger partial charge is 0.497 e. The Hall–Kier alpha value is -2.73. The highest BCUT2D eigenvalue weighted by Gasteiger charge is 2.46. The van der Waals surface area contributed by atoms with Crippen LogP contribution in [0.5, 0.6) is 11.5 Å². The summed E-state index contributed by atoms with van der Waals surface area (Å²) in [5.41, 5.74) is 3.38. The van der Waals surface area contributed by atoms with Gasteiger partial charge in [-0.3, -0.25) is 4.79 Å². The van der Waals surface area contributed by atoms with Crippen molar-refractivity contribution in [3.8, 4) is 11.5 Å². The number of likely N-dealkylation sites (N-methyl/N-ethyl adjacent to an activating group) is 2. The van der Waals surface area contributed by atoms with Gasteiger partial charge in [0.15, 0.2) is 0 Å². The van der Waals surface area contributed by atoms with Crippen LogP contribution in [0, 0.1) is 5.92 Å². The van der Waals surface area contributed by atoms with Crippen LogP contribution < -0.4 is 19.7 Å². The van der Waals surface area contributed by atoms with E-state index in [4.69, 9.17) is 9.47 Å². The van der Waals surface area contributed by atoms with Crippen LogP contribution in [0.2, 0.25) is 0 Å². The Bertz CT molecular complexity index is 948. The van der Waals surface area contributed by atoms with Gasteiger partial charge in [0.05, 0.1) is 25.4 Å². The van der Waals surface area contributed by atoms with Gasteiger partial charge in [-0.25, -0.2) is 0 Å². The van der Waals surface area contributed by atoms with Gasteiger partial charge in [0, 0.05) is 38.2 Å². The third kappa shape index (κ3) is 3.10. The second-order valence-corrected chi connectivity index (χ2v) is 8.67. The number of amides is 1. The van der Waals surface area contributed by atoms with E-state index < -0.39 is 0 Å². The highest BCUT2D eigenvalue weighted by molar-refractivity contribution is 5.84. The molecule has 0 aliphatic carbocycles. The SMILES string of the molecule is COc1cc(C2CN(C)C(=O)C3NCCC32)c2c(c1)N(C)C[C@@H](c1ccccc1)O2. The zero-order valence-corrected chi connectivity index (χ0v) is 17.8. The summed E-state index contributed by atoms with van der Waals surface area (Å²) in [4.78, 5) is 16.8. The summed E-state index contributed by atoms with van der Waals surface area (Å²) >= 11 is 0. The maximum atomic E-state index is 12.7. The molecule has 3 heterocycles. The molecule has 4 atom stereocenters. The minimum absolute atomic E-state index is 0.0312. The molecular weight excluding hydrogens is 378 g/mol. The van der Waals surface area contributed by atoms with E-state index in [2.05, 4.69) is 53.7 Å². The molecule has 0 spiro atoms. The number of piperidine rings is 1. The summed E-state index contributed by atoms with van der Waals surface area (Å²) in [6.45, 7) is 2.36. The van der Waals surface area contributed by atoms with Crippen molar-refractivity contribution in [3.05, 3.63) is 53.6 Å². The highest BCUT2D eigenvalue weighted by atomic mass is 16.5. The number of hydrogen-bond donors (Lipinski definition) is 1. The van der Waals surface area contributed by atoms with Gasteiger partial charge < -0.3 is 24.6 Å². The fraction of sp³-hybridized carbons (Fsp3) is 0.458. The van der Waals surface area contributed by atoms with Crippen molar-refractivity contribution >= 4 is 11.6 Å². The summed E-state index contributed by atoms with van der Waals surface area (Å²) in [6.07, 6.45) is 0.968. The number of carbonyl (C=O) groups is 1. The molecule has 3 unspecified atom stereocenters. The average Bonchev–Trinajstić information content (AvgIpc) is 3.26. The predicted octanol–water partition coefficient (Wildman–Crippen LogP) is 2.80. The predicted molar refractivity (Wildman–Crippen MR) is 116 cm³/mol. The second kappa shape index (κ2) is 7.51. The van der Waals surface area contributed by atoms with E-state index in [1.165, 1.54) is 5.56 Å². The monoisotopic (exact) mass is 407 g/mol. The van der Waals surface area contributed by atoms with Gasteiger partial charge in [0.2, 0.25) is 5.91 Å². The molecule has 2 fully saturated rings. The molecule has 2 aromatic rings. The Kier molecular flexibility index (Phi) is 4.82. The summed E-state index contributed by atoms with van der Waals surface area (Å²) in [5.74, 6) is 2.44. The van der Waals surface area contributed by atoms with Crippen molar-refractivity contribution in [1.29, 1.82) is 0 Å². The summed E-state index contributed by atoms with van der Waals surface area (Å²) in [7, 11) is 5.72. The number of rotatable bonds is 3. The van der Waals surface area contributed by atoms with Gasteiger partial charge in [-0.15, -0.1) is 0 Å². The lowest BCUT2D eigenvalue weighted by atomic mass is 9.77. The van der Waals surface area contributed by atoms with Crippen molar-refractivity contribution in [2.24, 2.45) is 5.92 Å². The van der Waals surface area contributed by atoms with Gasteiger partial charge in [-0.1, -0.05) is 30.3 Å². The number of benzene rings is 2. The fourth-order valence-corrected chi connectivity index (χ4v) is 5.30. The summed E-state index contributed by atoms with van der Waals surface area (Å²) < 4.78 is 12.3. The van der Waals surface area contributed by atoms with E-state index in [0.29, 0.717) is 6.54 Å². The van der Waals surface area contributed by atoms with Crippen LogP contribution in [0.25, 0.3) is 0 Å². The average molecular weight is 408 g/mol. The quantitative estimate of drug-likeness (QED) is 0.848. The van der Waals surface area contributed by atoms with Gasteiger partial charge in [0.25, 0.3) is 0 Å². The molecule has 158 valence electrons. The van der Waals surface area contributed by atoms with E-state index in [9.17, 15) is 4.79 Å². The fourth-order valence-electron chi connectivity index (χ4n) is 5.30. The van der Waals surface area contributed by atoms with Gasteiger partial charge in [-0.05, 0) is 30.5 Å². The summed E-state index contributed by atoms with van der Waals surface area (Å²) in [6, 6.07) is 14.4. The lowest BCUT2D eigenvalue weighted by Gasteiger charge is -2.41. The highest BCUT2D eigenvalue weighted by Crippen LogP contribution is 2.49. The van der Waals surface area contributed by atoms with Crippen LogP contribution in [0.3, 0.4) is 0 Å². The Morgan fingerprint density at radius 2 is 1.90 bits per heavy atom. The van der Waals surface area contributed by atoms with Crippen LogP contribution >= 0.6 is 0 Å². The second-order valence-electron chi connectivity index (χ2n) is 8.67. The van der Waals surface area contributed by atoms with Crippen LogP contribution in [0.1, 0.15) is 29.6 Å². The molecule has 6 nitrogen and oxygen atoms in total. The summed E-state index contributed by atoms with van der Waals surface area (Å²) in [5, 5.41) is 3.42. The van der Waals surface area contributed by atoms with E-state index in [0.717, 1.165) is 42.3 Å².